The Bertz CT molecular complexity index is 417. The van der Waals surface area contributed by atoms with Gasteiger partial charge in [-0.3, -0.25) is 0 Å². The van der Waals surface area contributed by atoms with Crippen molar-refractivity contribution in [2.75, 3.05) is 38.3 Å². The highest BCUT2D eigenvalue weighted by atomic mass is 35.5. The lowest BCUT2D eigenvalue weighted by Crippen LogP contribution is -2.34. The van der Waals surface area contributed by atoms with Gasteiger partial charge in [0.25, 0.3) is 0 Å². The number of piperidine rings is 1. The smallest absolute Gasteiger partial charge is 0.0587 e. The van der Waals surface area contributed by atoms with E-state index < -0.39 is 0 Å². The fourth-order valence-electron chi connectivity index (χ4n) is 2.63. The normalized spacial score (nSPS) is 16.6. The summed E-state index contributed by atoms with van der Waals surface area (Å²) >= 11 is 6.18. The molecule has 1 saturated heterocycles. The van der Waals surface area contributed by atoms with Crippen LogP contribution < -0.4 is 10.2 Å². The first-order valence-corrected chi connectivity index (χ1v) is 7.81. The Hall–Kier alpha value is -0.770. The average molecular weight is 297 g/mol. The predicted molar refractivity (Wildman–Crippen MR) is 85.6 cm³/mol. The first-order chi connectivity index (χ1) is 9.70. The van der Waals surface area contributed by atoms with Crippen LogP contribution in [0.25, 0.3) is 0 Å². The second-order valence-corrected chi connectivity index (χ2v) is 6.05. The van der Waals surface area contributed by atoms with E-state index in [0.29, 0.717) is 0 Å². The molecule has 1 aliphatic rings. The third-order valence-electron chi connectivity index (χ3n) is 3.97. The molecule has 0 saturated carbocycles. The second-order valence-electron chi connectivity index (χ2n) is 5.61. The zero-order valence-electron chi connectivity index (χ0n) is 12.5. The van der Waals surface area contributed by atoms with Gasteiger partial charge in [0.1, 0.15) is 0 Å². The molecule has 0 bridgehead atoms. The van der Waals surface area contributed by atoms with E-state index in [4.69, 9.17) is 16.3 Å². The van der Waals surface area contributed by atoms with Crippen LogP contribution in [0, 0.1) is 5.92 Å². The van der Waals surface area contributed by atoms with Crippen LogP contribution in [0.15, 0.2) is 18.2 Å². The quantitative estimate of drug-likeness (QED) is 0.815. The van der Waals surface area contributed by atoms with Crippen LogP contribution in [0.2, 0.25) is 5.02 Å². The number of hydrogen-bond acceptors (Lipinski definition) is 3. The topological polar surface area (TPSA) is 24.5 Å². The fourth-order valence-corrected chi connectivity index (χ4v) is 2.79. The molecule has 0 amide bonds. The van der Waals surface area contributed by atoms with Gasteiger partial charge < -0.3 is 15.0 Å². The minimum atomic E-state index is 0.740. The molecule has 1 aliphatic heterocycles. The molecule has 112 valence electrons. The molecule has 1 aromatic carbocycles. The monoisotopic (exact) mass is 296 g/mol. The Labute approximate surface area is 127 Å². The molecule has 0 spiro atoms. The second kappa shape index (κ2) is 7.87. The number of hydrogen-bond donors (Lipinski definition) is 1. The first kappa shape index (κ1) is 15.6. The van der Waals surface area contributed by atoms with Crippen LogP contribution >= 0.6 is 11.6 Å². The van der Waals surface area contributed by atoms with Crippen LogP contribution in [0.5, 0.6) is 0 Å². The lowest BCUT2D eigenvalue weighted by Gasteiger charge is -2.33. The Morgan fingerprint density at radius 3 is 2.80 bits per heavy atom. The highest BCUT2D eigenvalue weighted by Crippen LogP contribution is 2.28. The van der Waals surface area contributed by atoms with Gasteiger partial charge in [-0.1, -0.05) is 24.6 Å². The van der Waals surface area contributed by atoms with Gasteiger partial charge in [0.2, 0.25) is 0 Å². The standard InChI is InChI=1S/C16H25ClN2O/c1-13-5-8-19(9-6-13)16-11-15(17)4-3-14(16)12-18-7-10-20-2/h3-4,11,13,18H,5-10,12H2,1-2H3. The van der Waals surface area contributed by atoms with E-state index in [-0.39, 0.29) is 0 Å². The number of anilines is 1. The molecule has 1 aromatic rings. The molecule has 20 heavy (non-hydrogen) atoms. The minimum absolute atomic E-state index is 0.740. The summed E-state index contributed by atoms with van der Waals surface area (Å²) in [6, 6.07) is 6.21. The summed E-state index contributed by atoms with van der Waals surface area (Å²) in [6.45, 7) is 7.07. The molecule has 0 aromatic heterocycles. The SMILES string of the molecule is COCCNCc1ccc(Cl)cc1N1CCC(C)CC1. The zero-order valence-corrected chi connectivity index (χ0v) is 13.2. The Balaban J connectivity index is 2.03. The molecular weight excluding hydrogens is 272 g/mol. The summed E-state index contributed by atoms with van der Waals surface area (Å²) in [6.07, 6.45) is 2.53. The van der Waals surface area contributed by atoms with Gasteiger partial charge in [-0.25, -0.2) is 0 Å². The maximum atomic E-state index is 6.18. The largest absolute Gasteiger partial charge is 0.383 e. The number of rotatable bonds is 6. The average Bonchev–Trinajstić information content (AvgIpc) is 2.46. The molecule has 0 unspecified atom stereocenters. The summed E-state index contributed by atoms with van der Waals surface area (Å²) in [5.41, 5.74) is 2.61. The maximum Gasteiger partial charge on any atom is 0.0587 e. The molecule has 1 heterocycles. The summed E-state index contributed by atoms with van der Waals surface area (Å²) in [5.74, 6) is 0.841. The Morgan fingerprint density at radius 2 is 2.10 bits per heavy atom. The van der Waals surface area contributed by atoms with E-state index in [9.17, 15) is 0 Å². The molecule has 1 N–H and O–H groups in total. The summed E-state index contributed by atoms with van der Waals surface area (Å²) in [5, 5.41) is 4.23. The van der Waals surface area contributed by atoms with Crippen LogP contribution in [0.4, 0.5) is 5.69 Å². The van der Waals surface area contributed by atoms with Crippen molar-refractivity contribution in [1.82, 2.24) is 5.32 Å². The molecular formula is C16H25ClN2O. The van der Waals surface area contributed by atoms with Gasteiger partial charge in [0, 0.05) is 44.0 Å². The number of ether oxygens (including phenoxy) is 1. The molecule has 0 atom stereocenters. The van der Waals surface area contributed by atoms with Gasteiger partial charge in [0.15, 0.2) is 0 Å². The van der Waals surface area contributed by atoms with Crippen molar-refractivity contribution in [3.8, 4) is 0 Å². The van der Waals surface area contributed by atoms with E-state index in [1.165, 1.54) is 24.1 Å². The predicted octanol–water partition coefficient (Wildman–Crippen LogP) is 3.31. The van der Waals surface area contributed by atoms with E-state index in [1.807, 2.05) is 6.07 Å². The zero-order chi connectivity index (χ0) is 14.4. The lowest BCUT2D eigenvalue weighted by atomic mass is 9.98. The van der Waals surface area contributed by atoms with E-state index >= 15 is 0 Å². The van der Waals surface area contributed by atoms with E-state index in [0.717, 1.165) is 43.7 Å². The third-order valence-corrected chi connectivity index (χ3v) is 4.21. The van der Waals surface area contributed by atoms with Gasteiger partial charge in [-0.05, 0) is 36.5 Å². The summed E-state index contributed by atoms with van der Waals surface area (Å²) < 4.78 is 5.06. The van der Waals surface area contributed by atoms with Gasteiger partial charge in [0.05, 0.1) is 6.61 Å². The van der Waals surface area contributed by atoms with E-state index in [2.05, 4.69) is 29.3 Å². The number of nitrogens with one attached hydrogen (secondary N) is 1. The molecule has 3 nitrogen and oxygen atoms in total. The van der Waals surface area contributed by atoms with Crippen molar-refractivity contribution < 1.29 is 4.74 Å². The van der Waals surface area contributed by atoms with Crippen molar-refractivity contribution >= 4 is 17.3 Å². The van der Waals surface area contributed by atoms with Gasteiger partial charge in [-0.15, -0.1) is 0 Å². The lowest BCUT2D eigenvalue weighted by molar-refractivity contribution is 0.199. The molecule has 1 fully saturated rings. The number of benzene rings is 1. The van der Waals surface area contributed by atoms with Crippen LogP contribution in [0.3, 0.4) is 0 Å². The van der Waals surface area contributed by atoms with E-state index in [1.54, 1.807) is 7.11 Å². The first-order valence-electron chi connectivity index (χ1n) is 7.43. The highest BCUT2D eigenvalue weighted by molar-refractivity contribution is 6.30. The van der Waals surface area contributed by atoms with Crippen LogP contribution in [0.1, 0.15) is 25.3 Å². The minimum Gasteiger partial charge on any atom is -0.383 e. The molecule has 2 rings (SSSR count). The number of halogens is 1. The maximum absolute atomic E-state index is 6.18. The van der Waals surface area contributed by atoms with Crippen LogP contribution in [-0.4, -0.2) is 33.4 Å². The highest BCUT2D eigenvalue weighted by Gasteiger charge is 2.18. The fraction of sp³-hybridized carbons (Fsp3) is 0.625. The molecule has 4 heteroatoms. The van der Waals surface area contributed by atoms with Crippen molar-refractivity contribution in [2.45, 2.75) is 26.3 Å². The number of methoxy groups -OCH3 is 1. The summed E-state index contributed by atoms with van der Waals surface area (Å²) in [4.78, 5) is 2.47. The van der Waals surface area contributed by atoms with Crippen molar-refractivity contribution in [1.29, 1.82) is 0 Å². The van der Waals surface area contributed by atoms with Crippen LogP contribution in [-0.2, 0) is 11.3 Å². The van der Waals surface area contributed by atoms with Gasteiger partial charge in [-0.2, -0.15) is 0 Å². The number of nitrogens with zero attached hydrogens (tertiary/aromatic N) is 1. The van der Waals surface area contributed by atoms with Gasteiger partial charge >= 0.3 is 0 Å². The molecule has 0 radical (unpaired) electrons. The Kier molecular flexibility index (Phi) is 6.14. The van der Waals surface area contributed by atoms with Crippen molar-refractivity contribution in [3.05, 3.63) is 28.8 Å². The Morgan fingerprint density at radius 1 is 1.35 bits per heavy atom. The van der Waals surface area contributed by atoms with Crippen molar-refractivity contribution in [2.24, 2.45) is 5.92 Å². The molecule has 0 aliphatic carbocycles. The third kappa shape index (κ3) is 4.37. The van der Waals surface area contributed by atoms with Crippen molar-refractivity contribution in [3.63, 3.8) is 0 Å². The summed E-state index contributed by atoms with van der Waals surface area (Å²) in [7, 11) is 1.73.